The number of methoxy groups -OCH3 is 2. The van der Waals surface area contributed by atoms with Crippen molar-refractivity contribution in [1.29, 1.82) is 0 Å². The van der Waals surface area contributed by atoms with E-state index in [1.807, 2.05) is 68.4 Å². The molecule has 1 N–H and O–H groups in total. The molecule has 1 aliphatic heterocycles. The van der Waals surface area contributed by atoms with Gasteiger partial charge in [0.25, 0.3) is 5.95 Å². The van der Waals surface area contributed by atoms with Gasteiger partial charge in [0.15, 0.2) is 0 Å². The zero-order chi connectivity index (χ0) is 24.5. The lowest BCUT2D eigenvalue weighted by atomic mass is 9.99. The Kier molecular flexibility index (Phi) is 6.17. The number of thioether (sulfide) groups is 1. The molecule has 2 aromatic heterocycles. The summed E-state index contributed by atoms with van der Waals surface area (Å²) < 4.78 is 12.9. The lowest BCUT2D eigenvalue weighted by Crippen LogP contribution is -2.17. The Morgan fingerprint density at radius 3 is 2.43 bits per heavy atom. The van der Waals surface area contributed by atoms with Gasteiger partial charge in [-0.15, -0.1) is 11.8 Å². The molecule has 35 heavy (non-hydrogen) atoms. The van der Waals surface area contributed by atoms with Gasteiger partial charge in [0.05, 0.1) is 30.9 Å². The van der Waals surface area contributed by atoms with Crippen LogP contribution in [0.1, 0.15) is 27.8 Å². The van der Waals surface area contributed by atoms with Crippen LogP contribution in [0.25, 0.3) is 17.2 Å². The van der Waals surface area contributed by atoms with Crippen molar-refractivity contribution >= 4 is 23.5 Å². The second kappa shape index (κ2) is 9.42. The molecule has 0 saturated carbocycles. The van der Waals surface area contributed by atoms with Crippen LogP contribution in [-0.2, 0) is 4.79 Å². The normalized spacial score (nSPS) is 15.2. The molecule has 0 saturated heterocycles. The minimum atomic E-state index is -0.260. The first-order valence-electron chi connectivity index (χ1n) is 11.1. The summed E-state index contributed by atoms with van der Waals surface area (Å²) in [6, 6.07) is 17.5. The van der Waals surface area contributed by atoms with Crippen molar-refractivity contribution in [1.82, 2.24) is 19.7 Å². The summed E-state index contributed by atoms with van der Waals surface area (Å²) in [7, 11) is 3.27. The monoisotopic (exact) mass is 487 g/mol. The molecule has 5 rings (SSSR count). The van der Waals surface area contributed by atoms with Crippen molar-refractivity contribution in [2.75, 3.05) is 25.3 Å². The molecule has 2 aromatic carbocycles. The molecule has 1 aliphatic rings. The van der Waals surface area contributed by atoms with Crippen LogP contribution in [0.2, 0.25) is 0 Å². The Balaban J connectivity index is 1.82. The molecular weight excluding hydrogens is 462 g/mol. The number of amides is 1. The summed E-state index contributed by atoms with van der Waals surface area (Å²) in [6.07, 6.45) is 0. The second-order valence-electron chi connectivity index (χ2n) is 8.19. The van der Waals surface area contributed by atoms with Gasteiger partial charge >= 0.3 is 0 Å². The van der Waals surface area contributed by atoms with Crippen LogP contribution in [-0.4, -0.2) is 45.6 Å². The van der Waals surface area contributed by atoms with E-state index in [1.54, 1.807) is 18.9 Å². The van der Waals surface area contributed by atoms with Crippen LogP contribution in [0.5, 0.6) is 11.5 Å². The smallest absolute Gasteiger partial charge is 0.252 e. The third kappa shape index (κ3) is 4.35. The average molecular weight is 488 g/mol. The number of rotatable bonds is 5. The van der Waals surface area contributed by atoms with Gasteiger partial charge in [-0.3, -0.25) is 4.79 Å². The van der Waals surface area contributed by atoms with E-state index in [0.717, 1.165) is 33.8 Å². The number of carbonyl (C=O) groups is 1. The number of hydrogen-bond acceptors (Lipinski definition) is 7. The minimum Gasteiger partial charge on any atom is -0.497 e. The standard InChI is InChI=1S/C26H25N5O3S/c1-15-12-16(2)28-26(27-15)31-25-22(23(30-31)17-8-6-5-7-9-17)24(35-14-21(32)29-25)19-13-18(33-3)10-11-20(19)34-4/h5-13,24H,14H2,1-4H3,(H,29,32)/t24-/m1/s1. The molecule has 1 amide bonds. The van der Waals surface area contributed by atoms with Crippen LogP contribution < -0.4 is 14.8 Å². The molecular formula is C26H25N5O3S. The first-order chi connectivity index (χ1) is 17.0. The van der Waals surface area contributed by atoms with Gasteiger partial charge in [-0.2, -0.15) is 9.78 Å². The number of carbonyl (C=O) groups excluding carboxylic acids is 1. The van der Waals surface area contributed by atoms with Crippen molar-refractivity contribution in [3.63, 3.8) is 0 Å². The SMILES string of the molecule is COc1ccc(OC)c([C@H]2SCC(=O)Nc3c2c(-c2ccccc2)nn3-c2nc(C)cc(C)n2)c1. The third-order valence-corrected chi connectivity index (χ3v) is 7.00. The molecule has 4 aromatic rings. The Labute approximate surface area is 207 Å². The highest BCUT2D eigenvalue weighted by molar-refractivity contribution is 8.00. The van der Waals surface area contributed by atoms with Crippen LogP contribution >= 0.6 is 11.8 Å². The predicted octanol–water partition coefficient (Wildman–Crippen LogP) is 4.74. The topological polar surface area (TPSA) is 91.2 Å². The lowest BCUT2D eigenvalue weighted by Gasteiger charge is -2.19. The predicted molar refractivity (Wildman–Crippen MR) is 137 cm³/mol. The first kappa shape index (κ1) is 22.9. The maximum Gasteiger partial charge on any atom is 0.252 e. The number of hydrogen-bond donors (Lipinski definition) is 1. The molecule has 9 heteroatoms. The average Bonchev–Trinajstić information content (AvgIpc) is 3.13. The van der Waals surface area contributed by atoms with Crippen molar-refractivity contribution < 1.29 is 14.3 Å². The highest BCUT2D eigenvalue weighted by atomic mass is 32.2. The minimum absolute atomic E-state index is 0.120. The quantitative estimate of drug-likeness (QED) is 0.435. The Morgan fingerprint density at radius 1 is 1.00 bits per heavy atom. The lowest BCUT2D eigenvalue weighted by molar-refractivity contribution is -0.113. The van der Waals surface area contributed by atoms with Crippen LogP contribution in [0.4, 0.5) is 5.82 Å². The van der Waals surface area contributed by atoms with Crippen molar-refractivity contribution in [3.8, 4) is 28.7 Å². The zero-order valence-electron chi connectivity index (χ0n) is 19.9. The van der Waals surface area contributed by atoms with E-state index in [1.165, 1.54) is 11.8 Å². The Bertz CT molecular complexity index is 1380. The molecule has 178 valence electrons. The number of aromatic nitrogens is 4. The van der Waals surface area contributed by atoms with Gasteiger partial charge in [-0.25, -0.2) is 9.97 Å². The number of anilines is 1. The van der Waals surface area contributed by atoms with Gasteiger partial charge in [0, 0.05) is 28.1 Å². The van der Waals surface area contributed by atoms with Crippen LogP contribution in [0.3, 0.4) is 0 Å². The van der Waals surface area contributed by atoms with Crippen molar-refractivity contribution in [2.45, 2.75) is 19.1 Å². The van der Waals surface area contributed by atoms with Gasteiger partial charge in [-0.1, -0.05) is 30.3 Å². The Hall–Kier alpha value is -3.85. The second-order valence-corrected chi connectivity index (χ2v) is 9.28. The van der Waals surface area contributed by atoms with Crippen LogP contribution in [0, 0.1) is 13.8 Å². The largest absolute Gasteiger partial charge is 0.497 e. The third-order valence-electron chi connectivity index (χ3n) is 5.75. The highest BCUT2D eigenvalue weighted by Gasteiger charge is 2.34. The van der Waals surface area contributed by atoms with Gasteiger partial charge in [0.1, 0.15) is 17.3 Å². The zero-order valence-corrected chi connectivity index (χ0v) is 20.7. The molecule has 0 spiro atoms. The number of nitrogens with zero attached hydrogens (tertiary/aromatic N) is 4. The molecule has 3 heterocycles. The maximum absolute atomic E-state index is 12.9. The van der Waals surface area contributed by atoms with Gasteiger partial charge in [-0.05, 0) is 38.1 Å². The van der Waals surface area contributed by atoms with Gasteiger partial charge < -0.3 is 14.8 Å². The van der Waals surface area contributed by atoms with E-state index in [2.05, 4.69) is 15.3 Å². The van der Waals surface area contributed by atoms with E-state index < -0.39 is 0 Å². The van der Waals surface area contributed by atoms with E-state index in [0.29, 0.717) is 23.3 Å². The molecule has 8 nitrogen and oxygen atoms in total. The van der Waals surface area contributed by atoms with E-state index in [4.69, 9.17) is 14.6 Å². The number of benzene rings is 2. The molecule has 0 aliphatic carbocycles. The summed E-state index contributed by atoms with van der Waals surface area (Å²) in [5.41, 5.74) is 5.06. The summed E-state index contributed by atoms with van der Waals surface area (Å²) in [5, 5.41) is 7.77. The van der Waals surface area contributed by atoms with E-state index in [9.17, 15) is 4.79 Å². The summed E-state index contributed by atoms with van der Waals surface area (Å²) in [6.45, 7) is 3.83. The molecule has 0 unspecified atom stereocenters. The number of ether oxygens (including phenoxy) is 2. The molecule has 1 atom stereocenters. The number of aryl methyl sites for hydroxylation is 2. The summed E-state index contributed by atoms with van der Waals surface area (Å²) in [4.78, 5) is 22.1. The van der Waals surface area contributed by atoms with Gasteiger partial charge in [0.2, 0.25) is 5.91 Å². The Morgan fingerprint density at radius 2 is 1.74 bits per heavy atom. The number of fused-ring (bicyclic) bond motifs is 1. The fraction of sp³-hybridized carbons (Fsp3) is 0.231. The molecule has 0 fully saturated rings. The van der Waals surface area contributed by atoms with Crippen molar-refractivity contribution in [2.24, 2.45) is 0 Å². The van der Waals surface area contributed by atoms with E-state index >= 15 is 0 Å². The fourth-order valence-electron chi connectivity index (χ4n) is 4.25. The summed E-state index contributed by atoms with van der Waals surface area (Å²) >= 11 is 1.52. The maximum atomic E-state index is 12.9. The molecule has 0 radical (unpaired) electrons. The first-order valence-corrected chi connectivity index (χ1v) is 12.2. The highest BCUT2D eigenvalue weighted by Crippen LogP contribution is 2.49. The van der Waals surface area contributed by atoms with Crippen LogP contribution in [0.15, 0.2) is 54.6 Å². The van der Waals surface area contributed by atoms with Crippen molar-refractivity contribution in [3.05, 3.63) is 77.1 Å². The fourth-order valence-corrected chi connectivity index (χ4v) is 5.40. The molecule has 0 bridgehead atoms. The summed E-state index contributed by atoms with van der Waals surface area (Å²) in [5.74, 6) is 2.52. The number of nitrogens with one attached hydrogen (secondary N) is 1. The van der Waals surface area contributed by atoms with E-state index in [-0.39, 0.29) is 16.9 Å².